The SMILES string of the molecule is CCNC(=NCCc1c[nH]c2ncccc12)NC(C)(C)C.I. The maximum Gasteiger partial charge on any atom is 0.191 e. The van der Waals surface area contributed by atoms with E-state index in [-0.39, 0.29) is 29.5 Å². The molecular formula is C16H26IN5. The molecule has 0 aliphatic rings. The Hall–Kier alpha value is -1.31. The molecule has 2 heterocycles. The minimum atomic E-state index is 0. The van der Waals surface area contributed by atoms with Crippen molar-refractivity contribution >= 4 is 41.0 Å². The van der Waals surface area contributed by atoms with Gasteiger partial charge in [0.2, 0.25) is 0 Å². The molecule has 0 saturated heterocycles. The molecule has 0 spiro atoms. The summed E-state index contributed by atoms with van der Waals surface area (Å²) in [4.78, 5) is 12.1. The molecule has 5 nitrogen and oxygen atoms in total. The summed E-state index contributed by atoms with van der Waals surface area (Å²) < 4.78 is 0. The Labute approximate surface area is 149 Å². The maximum atomic E-state index is 4.64. The number of halogens is 1. The number of rotatable bonds is 4. The van der Waals surface area contributed by atoms with Crippen molar-refractivity contribution in [2.75, 3.05) is 13.1 Å². The zero-order valence-corrected chi connectivity index (χ0v) is 16.1. The molecule has 0 aliphatic carbocycles. The number of fused-ring (bicyclic) bond motifs is 1. The zero-order chi connectivity index (χ0) is 15.3. The predicted octanol–water partition coefficient (Wildman–Crippen LogP) is 3.08. The largest absolute Gasteiger partial charge is 0.357 e. The van der Waals surface area contributed by atoms with Crippen LogP contribution in [0.25, 0.3) is 11.0 Å². The molecule has 0 fully saturated rings. The van der Waals surface area contributed by atoms with Crippen molar-refractivity contribution in [1.29, 1.82) is 0 Å². The Morgan fingerprint density at radius 3 is 2.82 bits per heavy atom. The Bertz CT molecular complexity index is 612. The van der Waals surface area contributed by atoms with Crippen LogP contribution in [0.15, 0.2) is 29.5 Å². The van der Waals surface area contributed by atoms with E-state index in [0.717, 1.165) is 31.1 Å². The number of hydrogen-bond donors (Lipinski definition) is 3. The van der Waals surface area contributed by atoms with E-state index in [1.54, 1.807) is 6.20 Å². The van der Waals surface area contributed by atoms with Crippen molar-refractivity contribution in [3.63, 3.8) is 0 Å². The second-order valence-electron chi connectivity index (χ2n) is 6.10. The summed E-state index contributed by atoms with van der Waals surface area (Å²) >= 11 is 0. The number of aromatic nitrogens is 2. The fraction of sp³-hybridized carbons (Fsp3) is 0.500. The van der Waals surface area contributed by atoms with Gasteiger partial charge in [0.15, 0.2) is 5.96 Å². The van der Waals surface area contributed by atoms with Crippen LogP contribution in [0.3, 0.4) is 0 Å². The number of pyridine rings is 1. The highest BCUT2D eigenvalue weighted by Crippen LogP contribution is 2.15. The van der Waals surface area contributed by atoms with Gasteiger partial charge < -0.3 is 15.6 Å². The normalized spacial score (nSPS) is 12.1. The molecule has 0 bridgehead atoms. The molecule has 0 atom stereocenters. The van der Waals surface area contributed by atoms with Crippen LogP contribution >= 0.6 is 24.0 Å². The van der Waals surface area contributed by atoms with Crippen molar-refractivity contribution in [3.05, 3.63) is 30.1 Å². The van der Waals surface area contributed by atoms with Crippen LogP contribution in [0.4, 0.5) is 0 Å². The Morgan fingerprint density at radius 1 is 1.36 bits per heavy atom. The van der Waals surface area contributed by atoms with Gasteiger partial charge in [-0.2, -0.15) is 0 Å². The lowest BCUT2D eigenvalue weighted by Crippen LogP contribution is -2.47. The molecule has 0 aliphatic heterocycles. The lowest BCUT2D eigenvalue weighted by atomic mass is 10.1. The first-order valence-corrected chi connectivity index (χ1v) is 7.47. The lowest BCUT2D eigenvalue weighted by molar-refractivity contribution is 0.501. The van der Waals surface area contributed by atoms with Crippen LogP contribution in [-0.2, 0) is 6.42 Å². The summed E-state index contributed by atoms with van der Waals surface area (Å²) in [7, 11) is 0. The summed E-state index contributed by atoms with van der Waals surface area (Å²) in [5.41, 5.74) is 2.20. The lowest BCUT2D eigenvalue weighted by Gasteiger charge is -2.23. The van der Waals surface area contributed by atoms with Gasteiger partial charge in [-0.05, 0) is 51.8 Å². The Kier molecular flexibility index (Phi) is 7.12. The summed E-state index contributed by atoms with van der Waals surface area (Å²) in [6.07, 6.45) is 4.72. The molecule has 3 N–H and O–H groups in total. The number of hydrogen-bond acceptors (Lipinski definition) is 2. The number of guanidine groups is 1. The van der Waals surface area contributed by atoms with E-state index >= 15 is 0 Å². The van der Waals surface area contributed by atoms with Crippen LogP contribution in [-0.4, -0.2) is 34.6 Å². The van der Waals surface area contributed by atoms with Crippen LogP contribution in [0.1, 0.15) is 33.3 Å². The second-order valence-corrected chi connectivity index (χ2v) is 6.10. The van der Waals surface area contributed by atoms with Gasteiger partial charge in [0.1, 0.15) is 5.65 Å². The monoisotopic (exact) mass is 415 g/mol. The van der Waals surface area contributed by atoms with Crippen molar-refractivity contribution in [1.82, 2.24) is 20.6 Å². The Balaban J connectivity index is 0.00000242. The minimum Gasteiger partial charge on any atom is -0.357 e. The number of aromatic amines is 1. The predicted molar refractivity (Wildman–Crippen MR) is 104 cm³/mol. The number of nitrogens with zero attached hydrogens (tertiary/aromatic N) is 2. The molecule has 22 heavy (non-hydrogen) atoms. The van der Waals surface area contributed by atoms with Gasteiger partial charge in [-0.1, -0.05) is 0 Å². The van der Waals surface area contributed by atoms with E-state index in [0.29, 0.717) is 0 Å². The first-order valence-electron chi connectivity index (χ1n) is 7.47. The highest BCUT2D eigenvalue weighted by molar-refractivity contribution is 14.0. The van der Waals surface area contributed by atoms with Crippen molar-refractivity contribution in [2.24, 2.45) is 4.99 Å². The summed E-state index contributed by atoms with van der Waals surface area (Å²) in [6.45, 7) is 10.1. The molecule has 122 valence electrons. The van der Waals surface area contributed by atoms with Gasteiger partial charge in [-0.25, -0.2) is 4.98 Å². The molecule has 2 rings (SSSR count). The third-order valence-corrected chi connectivity index (χ3v) is 3.03. The highest BCUT2D eigenvalue weighted by Gasteiger charge is 2.11. The third kappa shape index (κ3) is 5.47. The van der Waals surface area contributed by atoms with Gasteiger partial charge in [-0.15, -0.1) is 24.0 Å². The molecule has 0 unspecified atom stereocenters. The average Bonchev–Trinajstić information content (AvgIpc) is 2.81. The number of aliphatic imine (C=N–C) groups is 1. The summed E-state index contributed by atoms with van der Waals surface area (Å²) in [5.74, 6) is 0.864. The Morgan fingerprint density at radius 2 is 2.14 bits per heavy atom. The minimum absolute atomic E-state index is 0. The van der Waals surface area contributed by atoms with Crippen LogP contribution in [0.5, 0.6) is 0 Å². The molecule has 2 aromatic heterocycles. The van der Waals surface area contributed by atoms with Crippen molar-refractivity contribution < 1.29 is 0 Å². The topological polar surface area (TPSA) is 65.1 Å². The first kappa shape index (κ1) is 18.7. The number of nitrogens with one attached hydrogen (secondary N) is 3. The fourth-order valence-electron chi connectivity index (χ4n) is 2.17. The molecule has 6 heteroatoms. The molecule has 0 saturated carbocycles. The third-order valence-electron chi connectivity index (χ3n) is 3.03. The highest BCUT2D eigenvalue weighted by atomic mass is 127. The molecular weight excluding hydrogens is 389 g/mol. The van der Waals surface area contributed by atoms with Crippen LogP contribution in [0, 0.1) is 0 Å². The van der Waals surface area contributed by atoms with Crippen molar-refractivity contribution in [2.45, 2.75) is 39.7 Å². The van der Waals surface area contributed by atoms with Crippen LogP contribution in [0.2, 0.25) is 0 Å². The van der Waals surface area contributed by atoms with Gasteiger partial charge in [0.05, 0.1) is 0 Å². The smallest absolute Gasteiger partial charge is 0.191 e. The van der Waals surface area contributed by atoms with E-state index in [1.165, 1.54) is 10.9 Å². The average molecular weight is 415 g/mol. The van der Waals surface area contributed by atoms with Crippen LogP contribution < -0.4 is 10.6 Å². The van der Waals surface area contributed by atoms with Crippen molar-refractivity contribution in [3.8, 4) is 0 Å². The number of H-pyrrole nitrogens is 1. The van der Waals surface area contributed by atoms with E-state index in [2.05, 4.69) is 59.4 Å². The fourth-order valence-corrected chi connectivity index (χ4v) is 2.17. The molecule has 0 amide bonds. The van der Waals surface area contributed by atoms with Gasteiger partial charge in [0.25, 0.3) is 0 Å². The van der Waals surface area contributed by atoms with Gasteiger partial charge >= 0.3 is 0 Å². The van der Waals surface area contributed by atoms with Gasteiger partial charge in [0, 0.05) is 36.4 Å². The maximum absolute atomic E-state index is 4.64. The summed E-state index contributed by atoms with van der Waals surface area (Å²) in [6, 6.07) is 4.06. The quantitative estimate of drug-likeness (QED) is 0.409. The zero-order valence-electron chi connectivity index (χ0n) is 13.7. The van der Waals surface area contributed by atoms with E-state index in [9.17, 15) is 0 Å². The molecule has 0 aromatic carbocycles. The molecule has 2 aromatic rings. The van der Waals surface area contributed by atoms with E-state index in [4.69, 9.17) is 0 Å². The standard InChI is InChI=1S/C16H25N5.HI/c1-5-17-15(21-16(2,3)4)19-10-8-12-11-20-14-13(12)7-6-9-18-14;/h6-7,9,11H,5,8,10H2,1-4H3,(H,18,20)(H2,17,19,21);1H. The first-order chi connectivity index (χ1) is 9.99. The van der Waals surface area contributed by atoms with E-state index < -0.39 is 0 Å². The molecule has 0 radical (unpaired) electrons. The summed E-state index contributed by atoms with van der Waals surface area (Å²) in [5, 5.41) is 7.85. The van der Waals surface area contributed by atoms with E-state index in [1.807, 2.05) is 12.3 Å². The second kappa shape index (κ2) is 8.36. The van der Waals surface area contributed by atoms with Gasteiger partial charge in [-0.3, -0.25) is 4.99 Å².